The van der Waals surface area contributed by atoms with Crippen molar-refractivity contribution in [2.45, 2.75) is 19.7 Å². The average Bonchev–Trinajstić information content (AvgIpc) is 3.12. The van der Waals surface area contributed by atoms with Gasteiger partial charge in [-0.15, -0.1) is 24.0 Å². The second-order valence-electron chi connectivity index (χ2n) is 5.86. The monoisotopic (exact) mass is 493 g/mol. The summed E-state index contributed by atoms with van der Waals surface area (Å²) in [6.45, 7) is 1.63. The molecule has 0 amide bonds. The zero-order valence-corrected chi connectivity index (χ0v) is 18.2. The van der Waals surface area contributed by atoms with Gasteiger partial charge in [-0.05, 0) is 17.2 Å². The van der Waals surface area contributed by atoms with E-state index < -0.39 is 0 Å². The normalized spacial score (nSPS) is 10.9. The Morgan fingerprint density at radius 1 is 1.07 bits per heavy atom. The minimum Gasteiger partial charge on any atom is -0.473 e. The van der Waals surface area contributed by atoms with Crippen molar-refractivity contribution >= 4 is 29.9 Å². The van der Waals surface area contributed by atoms with Gasteiger partial charge in [-0.25, -0.2) is 9.97 Å². The molecule has 1 aromatic carbocycles. The van der Waals surface area contributed by atoms with Gasteiger partial charge >= 0.3 is 0 Å². The molecule has 0 bridgehead atoms. The highest BCUT2D eigenvalue weighted by molar-refractivity contribution is 14.0. The molecule has 0 fully saturated rings. The molecule has 9 heteroatoms. The van der Waals surface area contributed by atoms with Gasteiger partial charge in [0.1, 0.15) is 18.8 Å². The van der Waals surface area contributed by atoms with Crippen LogP contribution in [0.2, 0.25) is 0 Å². The van der Waals surface area contributed by atoms with Gasteiger partial charge in [0.05, 0.1) is 6.54 Å². The SMILES string of the molecule is CN=C(NCc1ccnc(OCc2ccccc2)c1)NCc1ncnn1C.I. The van der Waals surface area contributed by atoms with E-state index in [0.29, 0.717) is 31.5 Å². The van der Waals surface area contributed by atoms with E-state index in [0.717, 1.165) is 17.0 Å². The first-order chi connectivity index (χ1) is 13.2. The van der Waals surface area contributed by atoms with Crippen molar-refractivity contribution in [3.8, 4) is 5.88 Å². The Morgan fingerprint density at radius 2 is 1.86 bits per heavy atom. The van der Waals surface area contributed by atoms with Gasteiger partial charge in [-0.2, -0.15) is 5.10 Å². The number of aryl methyl sites for hydroxylation is 1. The minimum atomic E-state index is 0. The van der Waals surface area contributed by atoms with Crippen LogP contribution in [0.25, 0.3) is 0 Å². The molecule has 3 rings (SSSR count). The number of nitrogens with one attached hydrogen (secondary N) is 2. The Labute approximate surface area is 181 Å². The fraction of sp³-hybridized carbons (Fsp3) is 0.263. The van der Waals surface area contributed by atoms with Crippen LogP contribution in [0, 0.1) is 0 Å². The number of guanidine groups is 1. The molecule has 0 saturated heterocycles. The van der Waals surface area contributed by atoms with Gasteiger partial charge in [-0.3, -0.25) is 9.67 Å². The molecular formula is C19H24IN7O. The molecule has 148 valence electrons. The number of ether oxygens (including phenoxy) is 1. The van der Waals surface area contributed by atoms with E-state index in [-0.39, 0.29) is 24.0 Å². The van der Waals surface area contributed by atoms with Crippen molar-refractivity contribution in [3.63, 3.8) is 0 Å². The summed E-state index contributed by atoms with van der Waals surface area (Å²) in [7, 11) is 3.58. The summed E-state index contributed by atoms with van der Waals surface area (Å²) in [5.41, 5.74) is 2.16. The van der Waals surface area contributed by atoms with Crippen molar-refractivity contribution in [2.24, 2.45) is 12.0 Å². The largest absolute Gasteiger partial charge is 0.473 e. The Balaban J connectivity index is 0.00000280. The van der Waals surface area contributed by atoms with Gasteiger partial charge in [0.25, 0.3) is 0 Å². The predicted octanol–water partition coefficient (Wildman–Crippen LogP) is 2.27. The van der Waals surface area contributed by atoms with Crippen LogP contribution >= 0.6 is 24.0 Å². The number of hydrogen-bond acceptors (Lipinski definition) is 5. The first-order valence-corrected chi connectivity index (χ1v) is 8.63. The number of halogens is 1. The van der Waals surface area contributed by atoms with Crippen molar-refractivity contribution < 1.29 is 4.74 Å². The first kappa shape index (κ1) is 21.6. The molecule has 0 spiro atoms. The van der Waals surface area contributed by atoms with Crippen LogP contribution in [0.3, 0.4) is 0 Å². The van der Waals surface area contributed by atoms with E-state index in [4.69, 9.17) is 4.74 Å². The summed E-state index contributed by atoms with van der Waals surface area (Å²) in [5, 5.41) is 10.5. The fourth-order valence-corrected chi connectivity index (χ4v) is 2.42. The maximum atomic E-state index is 5.77. The van der Waals surface area contributed by atoms with E-state index >= 15 is 0 Å². The second kappa shape index (κ2) is 11.2. The number of aromatic nitrogens is 4. The number of aliphatic imine (C=N–C) groups is 1. The quantitative estimate of drug-likeness (QED) is 0.298. The van der Waals surface area contributed by atoms with E-state index in [1.165, 1.54) is 6.33 Å². The molecule has 0 saturated carbocycles. The van der Waals surface area contributed by atoms with E-state index in [2.05, 4.69) is 30.7 Å². The Kier molecular flexibility index (Phi) is 8.66. The van der Waals surface area contributed by atoms with Crippen LogP contribution in [0.1, 0.15) is 17.0 Å². The van der Waals surface area contributed by atoms with Crippen molar-refractivity contribution in [1.29, 1.82) is 0 Å². The molecular weight excluding hydrogens is 469 g/mol. The second-order valence-corrected chi connectivity index (χ2v) is 5.86. The molecule has 0 aliphatic carbocycles. The molecule has 0 aliphatic heterocycles. The smallest absolute Gasteiger partial charge is 0.213 e. The molecule has 0 unspecified atom stereocenters. The Bertz CT molecular complexity index is 883. The van der Waals surface area contributed by atoms with Crippen molar-refractivity contribution in [3.05, 3.63) is 71.9 Å². The number of pyridine rings is 1. The minimum absolute atomic E-state index is 0. The highest BCUT2D eigenvalue weighted by atomic mass is 127. The molecule has 0 atom stereocenters. The fourth-order valence-electron chi connectivity index (χ4n) is 2.42. The van der Waals surface area contributed by atoms with Gasteiger partial charge in [0, 0.05) is 32.9 Å². The van der Waals surface area contributed by atoms with Crippen LogP contribution in [0.15, 0.2) is 60.0 Å². The number of benzene rings is 1. The molecule has 0 aliphatic rings. The third-order valence-corrected chi connectivity index (χ3v) is 3.93. The standard InChI is InChI=1S/C19H23N7O.HI/c1-20-19(23-12-17-24-14-25-26(17)2)22-11-16-8-9-21-18(10-16)27-13-15-6-4-3-5-7-15;/h3-10,14H,11-13H2,1-2H3,(H2,20,22,23);1H. The van der Waals surface area contributed by atoms with Crippen LogP contribution < -0.4 is 15.4 Å². The van der Waals surface area contributed by atoms with E-state index in [1.54, 1.807) is 17.9 Å². The average molecular weight is 493 g/mol. The highest BCUT2D eigenvalue weighted by Gasteiger charge is 2.04. The predicted molar refractivity (Wildman–Crippen MR) is 118 cm³/mol. The van der Waals surface area contributed by atoms with Gasteiger partial charge in [0.2, 0.25) is 5.88 Å². The van der Waals surface area contributed by atoms with Gasteiger partial charge in [0.15, 0.2) is 5.96 Å². The van der Waals surface area contributed by atoms with Gasteiger partial charge in [-0.1, -0.05) is 30.3 Å². The number of hydrogen-bond donors (Lipinski definition) is 2. The zero-order chi connectivity index (χ0) is 18.9. The highest BCUT2D eigenvalue weighted by Crippen LogP contribution is 2.11. The summed E-state index contributed by atoms with van der Waals surface area (Å²) in [4.78, 5) is 12.7. The number of rotatable bonds is 7. The summed E-state index contributed by atoms with van der Waals surface area (Å²) >= 11 is 0. The van der Waals surface area contributed by atoms with E-state index in [1.807, 2.05) is 49.5 Å². The molecule has 2 aromatic heterocycles. The molecule has 0 radical (unpaired) electrons. The maximum Gasteiger partial charge on any atom is 0.213 e. The Morgan fingerprint density at radius 3 is 2.57 bits per heavy atom. The van der Waals surface area contributed by atoms with E-state index in [9.17, 15) is 0 Å². The van der Waals surface area contributed by atoms with Crippen LogP contribution in [0.5, 0.6) is 5.88 Å². The molecule has 3 aromatic rings. The first-order valence-electron chi connectivity index (χ1n) is 8.63. The summed E-state index contributed by atoms with van der Waals surface area (Å²) in [6.07, 6.45) is 3.27. The maximum absolute atomic E-state index is 5.77. The molecule has 2 N–H and O–H groups in total. The molecule has 8 nitrogen and oxygen atoms in total. The van der Waals surface area contributed by atoms with Crippen LogP contribution in [0.4, 0.5) is 0 Å². The summed E-state index contributed by atoms with van der Waals surface area (Å²) in [6, 6.07) is 13.9. The summed E-state index contributed by atoms with van der Waals surface area (Å²) in [5.74, 6) is 2.11. The van der Waals surface area contributed by atoms with Gasteiger partial charge < -0.3 is 15.4 Å². The third-order valence-electron chi connectivity index (χ3n) is 3.93. The lowest BCUT2D eigenvalue weighted by Crippen LogP contribution is -2.36. The topological polar surface area (TPSA) is 89.2 Å². The lowest BCUT2D eigenvalue weighted by molar-refractivity contribution is 0.293. The summed E-state index contributed by atoms with van der Waals surface area (Å²) < 4.78 is 7.49. The number of nitrogens with zero attached hydrogens (tertiary/aromatic N) is 5. The van der Waals surface area contributed by atoms with Crippen molar-refractivity contribution in [1.82, 2.24) is 30.4 Å². The van der Waals surface area contributed by atoms with Crippen LogP contribution in [-0.2, 0) is 26.7 Å². The molecule has 2 heterocycles. The third kappa shape index (κ3) is 6.48. The van der Waals surface area contributed by atoms with Crippen LogP contribution in [-0.4, -0.2) is 32.8 Å². The molecule has 28 heavy (non-hydrogen) atoms. The van der Waals surface area contributed by atoms with Crippen molar-refractivity contribution in [2.75, 3.05) is 7.05 Å². The lowest BCUT2D eigenvalue weighted by atomic mass is 10.2. The Hall–Kier alpha value is -2.69. The zero-order valence-electron chi connectivity index (χ0n) is 15.9. The lowest BCUT2D eigenvalue weighted by Gasteiger charge is -2.12.